The second-order valence-corrected chi connectivity index (χ2v) is 15.7. The third-order valence-corrected chi connectivity index (χ3v) is 14.4. The van der Waals surface area contributed by atoms with Crippen LogP contribution in [0.3, 0.4) is 0 Å². The Morgan fingerprint density at radius 3 is 2.11 bits per heavy atom. The molecular formula is C33H54O4. The summed E-state index contributed by atoms with van der Waals surface area (Å²) in [5, 5.41) is 0. The quantitative estimate of drug-likeness (QED) is 0.352. The lowest BCUT2D eigenvalue weighted by atomic mass is 9.31. The monoisotopic (exact) mass is 514 g/mol. The van der Waals surface area contributed by atoms with Crippen LogP contribution in [0.1, 0.15) is 120 Å². The number of carbonyl (C=O) groups is 2. The second-order valence-electron chi connectivity index (χ2n) is 15.7. The van der Waals surface area contributed by atoms with Crippen LogP contribution >= 0.6 is 0 Å². The first-order valence-corrected chi connectivity index (χ1v) is 15.4. The van der Waals surface area contributed by atoms with E-state index in [0.717, 1.165) is 38.5 Å². The SMILES string of the molecule is COC(=O)C12CCC(C)C(C)C1C1CCC3C4(C)CCC(OC(C)=O)C(C)(C)C4CCC3(C)C1(C)CC2. The number of methoxy groups -OCH3 is 1. The molecule has 0 amide bonds. The number of esters is 2. The van der Waals surface area contributed by atoms with Gasteiger partial charge in [0, 0.05) is 12.3 Å². The van der Waals surface area contributed by atoms with E-state index >= 15 is 0 Å². The molecule has 0 spiro atoms. The molecule has 4 heteroatoms. The summed E-state index contributed by atoms with van der Waals surface area (Å²) >= 11 is 0. The summed E-state index contributed by atoms with van der Waals surface area (Å²) in [4.78, 5) is 25.4. The summed E-state index contributed by atoms with van der Waals surface area (Å²) < 4.78 is 11.5. The molecule has 11 unspecified atom stereocenters. The minimum Gasteiger partial charge on any atom is -0.469 e. The predicted molar refractivity (Wildman–Crippen MR) is 147 cm³/mol. The van der Waals surface area contributed by atoms with Gasteiger partial charge >= 0.3 is 11.9 Å². The topological polar surface area (TPSA) is 52.6 Å². The minimum absolute atomic E-state index is 0.00231. The molecule has 4 nitrogen and oxygen atoms in total. The van der Waals surface area contributed by atoms with Crippen molar-refractivity contribution in [3.63, 3.8) is 0 Å². The molecule has 5 saturated carbocycles. The Bertz CT molecular complexity index is 941. The highest BCUT2D eigenvalue weighted by atomic mass is 16.5. The van der Waals surface area contributed by atoms with Crippen LogP contribution in [-0.4, -0.2) is 25.2 Å². The molecule has 5 aliphatic rings. The molecule has 0 aromatic rings. The zero-order valence-corrected chi connectivity index (χ0v) is 25.2. The van der Waals surface area contributed by atoms with Crippen LogP contribution in [0.5, 0.6) is 0 Å². The van der Waals surface area contributed by atoms with E-state index in [4.69, 9.17) is 9.47 Å². The van der Waals surface area contributed by atoms with Gasteiger partial charge in [0.25, 0.3) is 0 Å². The molecule has 0 N–H and O–H groups in total. The van der Waals surface area contributed by atoms with Gasteiger partial charge in [-0.05, 0) is 116 Å². The first kappa shape index (κ1) is 27.5. The molecule has 0 aliphatic heterocycles. The molecule has 5 aliphatic carbocycles. The smallest absolute Gasteiger partial charge is 0.312 e. The predicted octanol–water partition coefficient (Wildman–Crippen LogP) is 7.83. The molecule has 0 saturated heterocycles. The lowest BCUT2D eigenvalue weighted by Gasteiger charge is -2.73. The summed E-state index contributed by atoms with van der Waals surface area (Å²) in [5.41, 5.74) is 0.503. The highest BCUT2D eigenvalue weighted by molar-refractivity contribution is 5.77. The molecule has 210 valence electrons. The van der Waals surface area contributed by atoms with Crippen LogP contribution in [0.4, 0.5) is 0 Å². The van der Waals surface area contributed by atoms with Crippen molar-refractivity contribution in [3.05, 3.63) is 0 Å². The van der Waals surface area contributed by atoms with Crippen LogP contribution in [0.2, 0.25) is 0 Å². The second kappa shape index (κ2) is 8.72. The molecule has 0 radical (unpaired) electrons. The highest BCUT2D eigenvalue weighted by Gasteiger charge is 2.71. The van der Waals surface area contributed by atoms with E-state index in [0.29, 0.717) is 35.5 Å². The van der Waals surface area contributed by atoms with Crippen molar-refractivity contribution in [1.29, 1.82) is 0 Å². The summed E-state index contributed by atoms with van der Waals surface area (Å²) in [5.74, 6) is 3.44. The molecule has 0 aromatic carbocycles. The van der Waals surface area contributed by atoms with Crippen molar-refractivity contribution >= 4 is 11.9 Å². The van der Waals surface area contributed by atoms with Gasteiger partial charge in [-0.15, -0.1) is 0 Å². The van der Waals surface area contributed by atoms with Crippen molar-refractivity contribution in [1.82, 2.24) is 0 Å². The molecule has 0 bridgehead atoms. The van der Waals surface area contributed by atoms with E-state index in [9.17, 15) is 9.59 Å². The molecule has 37 heavy (non-hydrogen) atoms. The van der Waals surface area contributed by atoms with Gasteiger partial charge in [0.05, 0.1) is 12.5 Å². The lowest BCUT2D eigenvalue weighted by Crippen LogP contribution is -2.68. The van der Waals surface area contributed by atoms with E-state index in [2.05, 4.69) is 48.5 Å². The zero-order chi connectivity index (χ0) is 27.2. The third-order valence-electron chi connectivity index (χ3n) is 14.4. The summed E-state index contributed by atoms with van der Waals surface area (Å²) in [6.07, 6.45) is 11.5. The Labute approximate surface area is 226 Å². The van der Waals surface area contributed by atoms with Crippen molar-refractivity contribution in [2.45, 2.75) is 126 Å². The maximum absolute atomic E-state index is 13.5. The molecule has 5 rings (SSSR count). The zero-order valence-electron chi connectivity index (χ0n) is 25.2. The number of ether oxygens (including phenoxy) is 2. The van der Waals surface area contributed by atoms with E-state index in [-0.39, 0.29) is 45.1 Å². The number of hydrogen-bond donors (Lipinski definition) is 0. The average molecular weight is 515 g/mol. The van der Waals surface area contributed by atoms with Crippen molar-refractivity contribution in [2.75, 3.05) is 7.11 Å². The Morgan fingerprint density at radius 2 is 1.46 bits per heavy atom. The summed E-state index contributed by atoms with van der Waals surface area (Å²) in [6.45, 7) is 19.1. The normalized spacial score (nSPS) is 52.5. The average Bonchev–Trinajstić information content (AvgIpc) is 2.83. The fraction of sp³-hybridized carbons (Fsp3) is 0.939. The van der Waals surface area contributed by atoms with Crippen molar-refractivity contribution in [2.24, 2.45) is 62.6 Å². The Balaban J connectivity index is 1.52. The number of rotatable bonds is 2. The van der Waals surface area contributed by atoms with E-state index in [1.54, 1.807) is 14.0 Å². The molecule has 5 fully saturated rings. The standard InChI is InChI=1S/C33H54O4/c1-20-12-17-33(28(35)36-9)19-18-31(7)23(27(33)21(20)2)10-11-25-30(6)15-14-26(37-22(3)34)29(4,5)24(30)13-16-32(25,31)8/h20-21,23-27H,10-19H2,1-9H3. The molecule has 0 aromatic heterocycles. The van der Waals surface area contributed by atoms with Gasteiger partial charge in [-0.1, -0.05) is 48.5 Å². The molecule has 11 atom stereocenters. The van der Waals surface area contributed by atoms with Gasteiger partial charge in [-0.25, -0.2) is 0 Å². The van der Waals surface area contributed by atoms with Crippen LogP contribution in [0.25, 0.3) is 0 Å². The van der Waals surface area contributed by atoms with Gasteiger partial charge in [-0.2, -0.15) is 0 Å². The highest BCUT2D eigenvalue weighted by Crippen LogP contribution is 2.77. The lowest BCUT2D eigenvalue weighted by molar-refractivity contribution is -0.260. The molecular weight excluding hydrogens is 460 g/mol. The van der Waals surface area contributed by atoms with Crippen molar-refractivity contribution in [3.8, 4) is 0 Å². The third kappa shape index (κ3) is 3.51. The van der Waals surface area contributed by atoms with Gasteiger partial charge in [0.15, 0.2) is 0 Å². The summed E-state index contributed by atoms with van der Waals surface area (Å²) in [7, 11) is 1.61. The Kier molecular flexibility index (Phi) is 6.48. The number of fused-ring (bicyclic) bond motifs is 7. The minimum atomic E-state index is -0.279. The molecule has 0 heterocycles. The van der Waals surface area contributed by atoms with Crippen LogP contribution in [0.15, 0.2) is 0 Å². The fourth-order valence-corrected chi connectivity index (χ4v) is 12.2. The number of carbonyl (C=O) groups excluding carboxylic acids is 2. The van der Waals surface area contributed by atoms with Gasteiger partial charge in [-0.3, -0.25) is 9.59 Å². The van der Waals surface area contributed by atoms with E-state index < -0.39 is 0 Å². The number of hydrogen-bond acceptors (Lipinski definition) is 4. The van der Waals surface area contributed by atoms with Crippen LogP contribution in [0, 0.1) is 62.6 Å². The van der Waals surface area contributed by atoms with Crippen LogP contribution in [-0.2, 0) is 19.1 Å². The fourth-order valence-electron chi connectivity index (χ4n) is 12.2. The van der Waals surface area contributed by atoms with Gasteiger partial charge in [0.2, 0.25) is 0 Å². The van der Waals surface area contributed by atoms with Crippen molar-refractivity contribution < 1.29 is 19.1 Å². The maximum Gasteiger partial charge on any atom is 0.312 e. The Morgan fingerprint density at radius 1 is 0.757 bits per heavy atom. The largest absolute Gasteiger partial charge is 0.469 e. The Hall–Kier alpha value is -1.06. The first-order valence-electron chi connectivity index (χ1n) is 15.4. The van der Waals surface area contributed by atoms with E-state index in [1.165, 1.54) is 25.7 Å². The van der Waals surface area contributed by atoms with Gasteiger partial charge in [0.1, 0.15) is 6.10 Å². The summed E-state index contributed by atoms with van der Waals surface area (Å²) in [6, 6.07) is 0. The van der Waals surface area contributed by atoms with Crippen LogP contribution < -0.4 is 0 Å². The van der Waals surface area contributed by atoms with E-state index in [1.807, 2.05) is 0 Å². The maximum atomic E-state index is 13.5. The van der Waals surface area contributed by atoms with Gasteiger partial charge < -0.3 is 9.47 Å². The first-order chi connectivity index (χ1) is 17.2.